The summed E-state index contributed by atoms with van der Waals surface area (Å²) in [6, 6.07) is 10.1. The van der Waals surface area contributed by atoms with Gasteiger partial charge in [0, 0.05) is 25.8 Å². The molecule has 3 heteroatoms. The number of carbonyl (C=O) groups excluding carboxylic acids is 1. The zero-order chi connectivity index (χ0) is 11.4. The number of hydrogen-bond donors (Lipinski definition) is 0. The fraction of sp³-hybridized carbons (Fsp3) is 0.462. The molecular weight excluding hydrogens is 202 g/mol. The third-order valence-corrected chi connectivity index (χ3v) is 3.03. The Morgan fingerprint density at radius 1 is 1.38 bits per heavy atom. The second-order valence-electron chi connectivity index (χ2n) is 4.02. The Morgan fingerprint density at radius 3 is 2.56 bits per heavy atom. The summed E-state index contributed by atoms with van der Waals surface area (Å²) >= 11 is 0. The molecule has 2 rings (SSSR count). The van der Waals surface area contributed by atoms with Gasteiger partial charge in [0.15, 0.2) is 0 Å². The number of carbonyl (C=O) groups is 1. The molecule has 85 valence electrons. The van der Waals surface area contributed by atoms with Gasteiger partial charge in [0.05, 0.1) is 6.10 Å². The molecule has 1 aromatic rings. The molecule has 0 spiro atoms. The van der Waals surface area contributed by atoms with Crippen LogP contribution in [0.15, 0.2) is 24.3 Å². The molecule has 1 aliphatic heterocycles. The minimum atomic E-state index is 0.114. The Balaban J connectivity index is 1.97. The van der Waals surface area contributed by atoms with Crippen LogP contribution in [0.25, 0.3) is 0 Å². The third-order valence-electron chi connectivity index (χ3n) is 3.03. The predicted molar refractivity (Wildman–Crippen MR) is 61.2 cm³/mol. The van der Waals surface area contributed by atoms with Gasteiger partial charge in [0.1, 0.15) is 0 Å². The van der Waals surface area contributed by atoms with E-state index in [4.69, 9.17) is 4.74 Å². The van der Waals surface area contributed by atoms with Gasteiger partial charge in [-0.1, -0.05) is 12.1 Å². The molecular formula is C13H16NO2. The number of ether oxygens (including phenoxy) is 1. The Hall–Kier alpha value is -1.35. The number of likely N-dealkylation sites (tertiary alicyclic amines) is 1. The molecule has 1 heterocycles. The van der Waals surface area contributed by atoms with Crippen molar-refractivity contribution >= 4 is 5.91 Å². The van der Waals surface area contributed by atoms with Crippen molar-refractivity contribution in [2.75, 3.05) is 20.2 Å². The van der Waals surface area contributed by atoms with Crippen molar-refractivity contribution in [3.63, 3.8) is 0 Å². The fourth-order valence-corrected chi connectivity index (χ4v) is 2.01. The van der Waals surface area contributed by atoms with Gasteiger partial charge >= 0.3 is 0 Å². The second-order valence-corrected chi connectivity index (χ2v) is 4.02. The number of amides is 1. The molecule has 1 radical (unpaired) electrons. The average molecular weight is 218 g/mol. The van der Waals surface area contributed by atoms with Gasteiger partial charge in [-0.25, -0.2) is 0 Å². The first-order valence-electron chi connectivity index (χ1n) is 5.59. The van der Waals surface area contributed by atoms with E-state index >= 15 is 0 Å². The van der Waals surface area contributed by atoms with Crippen molar-refractivity contribution in [1.29, 1.82) is 0 Å². The second kappa shape index (κ2) is 5.12. The maximum absolute atomic E-state index is 12.1. The van der Waals surface area contributed by atoms with E-state index in [-0.39, 0.29) is 5.91 Å². The van der Waals surface area contributed by atoms with Crippen LogP contribution in [0, 0.1) is 6.07 Å². The molecule has 3 nitrogen and oxygen atoms in total. The van der Waals surface area contributed by atoms with E-state index in [0.29, 0.717) is 6.10 Å². The van der Waals surface area contributed by atoms with Crippen molar-refractivity contribution in [3.05, 3.63) is 35.9 Å². The molecule has 1 aromatic carbocycles. The maximum atomic E-state index is 12.1. The Morgan fingerprint density at radius 2 is 2.00 bits per heavy atom. The number of benzene rings is 1. The molecule has 1 amide bonds. The van der Waals surface area contributed by atoms with E-state index in [1.807, 2.05) is 17.0 Å². The number of methoxy groups -OCH3 is 1. The van der Waals surface area contributed by atoms with Gasteiger partial charge in [-0.15, -0.1) is 0 Å². The molecule has 16 heavy (non-hydrogen) atoms. The number of hydrogen-bond acceptors (Lipinski definition) is 2. The lowest BCUT2D eigenvalue weighted by atomic mass is 10.1. The summed E-state index contributed by atoms with van der Waals surface area (Å²) in [7, 11) is 1.73. The first kappa shape index (κ1) is 11.1. The zero-order valence-corrected chi connectivity index (χ0v) is 9.48. The van der Waals surface area contributed by atoms with Crippen LogP contribution in [-0.2, 0) is 4.74 Å². The SMILES string of the molecule is COC1CCN(C(=O)c2cc[c]cc2)CC1. The molecule has 1 fully saturated rings. The van der Waals surface area contributed by atoms with Crippen LogP contribution in [0.5, 0.6) is 0 Å². The molecule has 0 aromatic heterocycles. The van der Waals surface area contributed by atoms with Crippen LogP contribution in [0.1, 0.15) is 23.2 Å². The predicted octanol–water partition coefficient (Wildman–Crippen LogP) is 1.74. The lowest BCUT2D eigenvalue weighted by molar-refractivity contribution is 0.0351. The molecule has 0 unspecified atom stereocenters. The van der Waals surface area contributed by atoms with E-state index in [0.717, 1.165) is 31.5 Å². The quantitative estimate of drug-likeness (QED) is 0.756. The maximum Gasteiger partial charge on any atom is 0.253 e. The third kappa shape index (κ3) is 2.42. The van der Waals surface area contributed by atoms with Crippen molar-refractivity contribution in [1.82, 2.24) is 4.90 Å². The molecule has 1 aliphatic rings. The summed E-state index contributed by atoms with van der Waals surface area (Å²) in [5.74, 6) is 0.114. The average Bonchev–Trinajstić information content (AvgIpc) is 2.39. The van der Waals surface area contributed by atoms with Crippen LogP contribution in [0.2, 0.25) is 0 Å². The van der Waals surface area contributed by atoms with Gasteiger partial charge in [-0.2, -0.15) is 0 Å². The van der Waals surface area contributed by atoms with Gasteiger partial charge in [-0.3, -0.25) is 4.79 Å². The Bertz CT molecular complexity index is 342. The van der Waals surface area contributed by atoms with E-state index < -0.39 is 0 Å². The van der Waals surface area contributed by atoms with Crippen molar-refractivity contribution < 1.29 is 9.53 Å². The Labute approximate surface area is 96.0 Å². The van der Waals surface area contributed by atoms with Crippen LogP contribution in [-0.4, -0.2) is 37.1 Å². The van der Waals surface area contributed by atoms with Crippen LogP contribution < -0.4 is 0 Å². The molecule has 1 saturated heterocycles. The van der Waals surface area contributed by atoms with Gasteiger partial charge in [0.25, 0.3) is 5.91 Å². The van der Waals surface area contributed by atoms with E-state index in [2.05, 4.69) is 6.07 Å². The van der Waals surface area contributed by atoms with E-state index in [1.165, 1.54) is 0 Å². The highest BCUT2D eigenvalue weighted by Crippen LogP contribution is 2.15. The van der Waals surface area contributed by atoms with Gasteiger partial charge < -0.3 is 9.64 Å². The molecule has 0 atom stereocenters. The van der Waals surface area contributed by atoms with Crippen molar-refractivity contribution in [3.8, 4) is 0 Å². The lowest BCUT2D eigenvalue weighted by Gasteiger charge is -2.31. The largest absolute Gasteiger partial charge is 0.381 e. The molecule has 0 aliphatic carbocycles. The number of rotatable bonds is 2. The minimum Gasteiger partial charge on any atom is -0.381 e. The summed E-state index contributed by atoms with van der Waals surface area (Å²) in [4.78, 5) is 14.0. The minimum absolute atomic E-state index is 0.114. The van der Waals surface area contributed by atoms with Gasteiger partial charge in [0.2, 0.25) is 0 Å². The lowest BCUT2D eigenvalue weighted by Crippen LogP contribution is -2.40. The highest BCUT2D eigenvalue weighted by molar-refractivity contribution is 5.94. The summed E-state index contributed by atoms with van der Waals surface area (Å²) in [5, 5.41) is 0. The number of nitrogens with zero attached hydrogens (tertiary/aromatic N) is 1. The smallest absolute Gasteiger partial charge is 0.253 e. The Kier molecular flexibility index (Phi) is 3.57. The van der Waals surface area contributed by atoms with Crippen LogP contribution >= 0.6 is 0 Å². The van der Waals surface area contributed by atoms with Gasteiger partial charge in [-0.05, 0) is 31.0 Å². The molecule has 0 saturated carbocycles. The highest BCUT2D eigenvalue weighted by Gasteiger charge is 2.22. The van der Waals surface area contributed by atoms with E-state index in [9.17, 15) is 4.79 Å². The topological polar surface area (TPSA) is 29.5 Å². The van der Waals surface area contributed by atoms with Crippen LogP contribution in [0.4, 0.5) is 0 Å². The zero-order valence-electron chi connectivity index (χ0n) is 9.48. The molecule has 0 N–H and O–H groups in total. The summed E-state index contributed by atoms with van der Waals surface area (Å²) < 4.78 is 5.28. The van der Waals surface area contributed by atoms with Crippen LogP contribution in [0.3, 0.4) is 0 Å². The first-order chi connectivity index (χ1) is 7.81. The van der Waals surface area contributed by atoms with Crippen molar-refractivity contribution in [2.24, 2.45) is 0 Å². The monoisotopic (exact) mass is 218 g/mol. The molecule has 0 bridgehead atoms. The van der Waals surface area contributed by atoms with E-state index in [1.54, 1.807) is 19.2 Å². The summed E-state index contributed by atoms with van der Waals surface area (Å²) in [5.41, 5.74) is 0.745. The standard InChI is InChI=1S/C13H16NO2/c1-16-12-7-9-14(10-8-12)13(15)11-5-3-2-4-6-11/h3-6,12H,7-10H2,1H3. The summed E-state index contributed by atoms with van der Waals surface area (Å²) in [6.07, 6.45) is 2.18. The fourth-order valence-electron chi connectivity index (χ4n) is 2.01. The van der Waals surface area contributed by atoms with Crippen molar-refractivity contribution in [2.45, 2.75) is 18.9 Å². The number of piperidine rings is 1. The summed E-state index contributed by atoms with van der Waals surface area (Å²) in [6.45, 7) is 1.58. The normalized spacial score (nSPS) is 17.4. The highest BCUT2D eigenvalue weighted by atomic mass is 16.5. The first-order valence-corrected chi connectivity index (χ1v) is 5.59.